The zero-order valence-electron chi connectivity index (χ0n) is 16.4. The minimum atomic E-state index is -1.91. The normalized spacial score (nSPS) is 13.6. The number of carbonyl (C=O) groups is 1. The van der Waals surface area contributed by atoms with Crippen molar-refractivity contribution in [1.82, 2.24) is 0 Å². The van der Waals surface area contributed by atoms with Crippen molar-refractivity contribution in [2.24, 2.45) is 0 Å². The Hall–Kier alpha value is -2.36. The topological polar surface area (TPSA) is 26.3 Å². The Bertz CT molecular complexity index is 926. The summed E-state index contributed by atoms with van der Waals surface area (Å²) < 4.78 is 6.08. The molecule has 144 valence electrons. The fraction of sp³-hybridized carbons (Fsp3) is 0.208. The van der Waals surface area contributed by atoms with Gasteiger partial charge in [-0.1, -0.05) is 104 Å². The van der Waals surface area contributed by atoms with Crippen molar-refractivity contribution in [3.05, 3.63) is 101 Å². The molecule has 28 heavy (non-hydrogen) atoms. The van der Waals surface area contributed by atoms with E-state index < -0.39 is 8.07 Å². The zero-order chi connectivity index (χ0) is 20.1. The summed E-state index contributed by atoms with van der Waals surface area (Å²) in [4.78, 5) is 12.9. The van der Waals surface area contributed by atoms with Crippen molar-refractivity contribution in [1.29, 1.82) is 0 Å². The third kappa shape index (κ3) is 4.54. The molecular weight excluding hydrogens is 384 g/mol. The summed E-state index contributed by atoms with van der Waals surface area (Å²) in [6.45, 7) is 6.86. The molecule has 0 aliphatic carbocycles. The first-order valence-electron chi connectivity index (χ1n) is 9.46. The molecule has 0 aliphatic rings. The van der Waals surface area contributed by atoms with Gasteiger partial charge in [0.2, 0.25) is 0 Å². The molecule has 0 spiro atoms. The van der Waals surface area contributed by atoms with Crippen LogP contribution in [-0.4, -0.2) is 14.0 Å². The summed E-state index contributed by atoms with van der Waals surface area (Å²) in [7, 11) is -1.91. The maximum atomic E-state index is 12.9. The second-order valence-corrected chi connectivity index (χ2v) is 13.0. The van der Waals surface area contributed by atoms with Gasteiger partial charge in [-0.15, -0.1) is 0 Å². The molecule has 3 rings (SSSR count). The van der Waals surface area contributed by atoms with Gasteiger partial charge in [0.05, 0.1) is 13.6 Å². The van der Waals surface area contributed by atoms with Crippen LogP contribution < -0.4 is 5.19 Å². The van der Waals surface area contributed by atoms with Gasteiger partial charge in [0, 0.05) is 5.02 Å². The molecule has 0 aromatic heterocycles. The van der Waals surface area contributed by atoms with Crippen LogP contribution in [0, 0.1) is 0 Å². The molecule has 2 nitrogen and oxygen atoms in total. The molecule has 0 fully saturated rings. The van der Waals surface area contributed by atoms with Crippen molar-refractivity contribution in [2.75, 3.05) is 0 Å². The van der Waals surface area contributed by atoms with E-state index in [1.54, 1.807) is 24.3 Å². The second-order valence-electron chi connectivity index (χ2n) is 7.62. The highest BCUT2D eigenvalue weighted by Gasteiger charge is 2.38. The van der Waals surface area contributed by atoms with E-state index in [4.69, 9.17) is 16.3 Å². The number of carbonyl (C=O) groups excluding carboxylic acids is 1. The first-order valence-corrected chi connectivity index (χ1v) is 12.9. The lowest BCUT2D eigenvalue weighted by Gasteiger charge is -2.36. The van der Waals surface area contributed by atoms with Crippen molar-refractivity contribution >= 4 is 30.8 Å². The van der Waals surface area contributed by atoms with Crippen molar-refractivity contribution in [2.45, 2.75) is 31.7 Å². The monoisotopic (exact) mass is 408 g/mol. The first-order chi connectivity index (χ1) is 13.4. The highest BCUT2D eigenvalue weighted by Crippen LogP contribution is 2.38. The number of esters is 1. The number of ether oxygens (including phenoxy) is 1. The average Bonchev–Trinajstić information content (AvgIpc) is 2.72. The van der Waals surface area contributed by atoms with Crippen LogP contribution in [-0.2, 0) is 4.74 Å². The molecule has 0 amide bonds. The van der Waals surface area contributed by atoms with Crippen LogP contribution in [0.1, 0.15) is 28.9 Å². The third-order valence-corrected chi connectivity index (χ3v) is 10.2. The van der Waals surface area contributed by atoms with Crippen LogP contribution in [0.4, 0.5) is 0 Å². The van der Waals surface area contributed by atoms with Crippen LogP contribution in [0.3, 0.4) is 0 Å². The molecule has 0 heterocycles. The molecule has 4 heteroatoms. The second kappa shape index (κ2) is 8.76. The van der Waals surface area contributed by atoms with E-state index in [9.17, 15) is 4.79 Å². The van der Waals surface area contributed by atoms with Gasteiger partial charge in [0.25, 0.3) is 0 Å². The fourth-order valence-corrected chi connectivity index (χ4v) is 6.19. The van der Waals surface area contributed by atoms with Gasteiger partial charge >= 0.3 is 5.97 Å². The number of halogens is 1. The Balaban J connectivity index is 1.94. The van der Waals surface area contributed by atoms with Crippen molar-refractivity contribution in [3.8, 4) is 0 Å². The smallest absolute Gasteiger partial charge is 0.338 e. The van der Waals surface area contributed by atoms with Gasteiger partial charge in [0.15, 0.2) is 0 Å². The van der Waals surface area contributed by atoms with Crippen molar-refractivity contribution in [3.63, 3.8) is 0 Å². The standard InChI is InChI=1S/C24H25ClO2Si/c1-18(28(2,3)22-15-8-5-9-16-22)23(19-11-6-4-7-12-19)27-24(26)20-13-10-14-21(25)17-20/h4-18,23H,1-3H3/t18-,23?/m0/s1. The highest BCUT2D eigenvalue weighted by atomic mass is 35.5. The van der Waals surface area contributed by atoms with Crippen molar-refractivity contribution < 1.29 is 9.53 Å². The molecule has 3 aromatic rings. The highest BCUT2D eigenvalue weighted by molar-refractivity contribution is 6.91. The maximum Gasteiger partial charge on any atom is 0.338 e. The van der Waals surface area contributed by atoms with Gasteiger partial charge in [-0.3, -0.25) is 0 Å². The predicted molar refractivity (Wildman–Crippen MR) is 119 cm³/mol. The van der Waals surface area contributed by atoms with Crippen LogP contribution in [0.25, 0.3) is 0 Å². The van der Waals surface area contributed by atoms with Crippen LogP contribution in [0.5, 0.6) is 0 Å². The zero-order valence-corrected chi connectivity index (χ0v) is 18.2. The first kappa shape index (κ1) is 20.4. The van der Waals surface area contributed by atoms with E-state index in [1.165, 1.54) is 5.19 Å². The molecule has 3 aromatic carbocycles. The summed E-state index contributed by atoms with van der Waals surface area (Å²) in [5, 5.41) is 1.87. The third-order valence-electron chi connectivity index (χ3n) is 5.53. The molecular formula is C24H25ClO2Si. The molecule has 0 saturated carbocycles. The Morgan fingerprint density at radius 3 is 2.11 bits per heavy atom. The Morgan fingerprint density at radius 1 is 0.893 bits per heavy atom. The van der Waals surface area contributed by atoms with Gasteiger partial charge in [-0.25, -0.2) is 4.79 Å². The molecule has 2 atom stereocenters. The molecule has 0 saturated heterocycles. The van der Waals surface area contributed by atoms with E-state index in [0.717, 1.165) is 5.56 Å². The average molecular weight is 409 g/mol. The van der Waals surface area contributed by atoms with Crippen LogP contribution >= 0.6 is 11.6 Å². The van der Waals surface area contributed by atoms with E-state index >= 15 is 0 Å². The van der Waals surface area contributed by atoms with Gasteiger partial charge in [-0.05, 0) is 29.3 Å². The molecule has 1 unspecified atom stereocenters. The summed E-state index contributed by atoms with van der Waals surface area (Å²) in [6.07, 6.45) is -0.324. The quantitative estimate of drug-likeness (QED) is 0.356. The maximum absolute atomic E-state index is 12.9. The lowest BCUT2D eigenvalue weighted by molar-refractivity contribution is 0.0284. The van der Waals surface area contributed by atoms with E-state index in [1.807, 2.05) is 36.4 Å². The van der Waals surface area contributed by atoms with Gasteiger partial charge in [-0.2, -0.15) is 0 Å². The summed E-state index contributed by atoms with van der Waals surface area (Å²) in [5.41, 5.74) is 1.67. The molecule has 0 radical (unpaired) electrons. The Labute approximate surface area is 173 Å². The van der Waals surface area contributed by atoms with Crippen LogP contribution in [0.2, 0.25) is 23.7 Å². The summed E-state index contributed by atoms with van der Waals surface area (Å²) in [6, 6.07) is 27.5. The van der Waals surface area contributed by atoms with E-state index in [-0.39, 0.29) is 17.6 Å². The predicted octanol–water partition coefficient (Wildman–Crippen LogP) is 6.24. The number of rotatable bonds is 6. The minimum Gasteiger partial charge on any atom is -0.454 e. The summed E-state index contributed by atoms with van der Waals surface area (Å²) >= 11 is 6.06. The fourth-order valence-electron chi connectivity index (χ4n) is 3.41. The lowest BCUT2D eigenvalue weighted by atomic mass is 10.1. The van der Waals surface area contributed by atoms with Crippen LogP contribution in [0.15, 0.2) is 84.9 Å². The number of hydrogen-bond donors (Lipinski definition) is 0. The number of benzene rings is 3. The van der Waals surface area contributed by atoms with Gasteiger partial charge < -0.3 is 4.74 Å². The summed E-state index contributed by atoms with van der Waals surface area (Å²) in [5.74, 6) is -0.346. The molecule has 0 bridgehead atoms. The number of hydrogen-bond acceptors (Lipinski definition) is 2. The van der Waals surface area contributed by atoms with Gasteiger partial charge in [0.1, 0.15) is 6.10 Å². The SMILES string of the molecule is C[C@@H](C(OC(=O)c1cccc(Cl)c1)c1ccccc1)[Si](C)(C)c1ccccc1. The largest absolute Gasteiger partial charge is 0.454 e. The Morgan fingerprint density at radius 2 is 1.50 bits per heavy atom. The molecule has 0 aliphatic heterocycles. The molecule has 0 N–H and O–H groups in total. The lowest BCUT2D eigenvalue weighted by Crippen LogP contribution is -2.47. The Kier molecular flexibility index (Phi) is 6.37. The van der Waals surface area contributed by atoms with E-state index in [2.05, 4.69) is 44.3 Å². The van der Waals surface area contributed by atoms with E-state index in [0.29, 0.717) is 10.6 Å². The minimum absolute atomic E-state index is 0.181.